The lowest BCUT2D eigenvalue weighted by Gasteiger charge is -2.18. The molecule has 3 heteroatoms. The lowest BCUT2D eigenvalue weighted by molar-refractivity contribution is 0.712. The predicted octanol–water partition coefficient (Wildman–Crippen LogP) is 10.6. The first kappa shape index (κ1) is 26.1. The number of hydrogen-bond acceptors (Lipinski definition) is 2. The van der Waals surface area contributed by atoms with Crippen LogP contribution in [0, 0.1) is 0 Å². The van der Waals surface area contributed by atoms with E-state index in [1.165, 1.54) is 44.5 Å². The van der Waals surface area contributed by atoms with E-state index in [-0.39, 0.29) is 0 Å². The highest BCUT2D eigenvalue weighted by Crippen LogP contribution is 2.40. The number of allylic oxidation sites excluding steroid dienone is 1. The van der Waals surface area contributed by atoms with E-state index in [0.29, 0.717) is 11.9 Å². The predicted molar refractivity (Wildman–Crippen MR) is 183 cm³/mol. The molecule has 5 aromatic carbocycles. The molecule has 0 saturated heterocycles. The molecule has 2 heterocycles. The Hall–Kier alpha value is -5.54. The summed E-state index contributed by atoms with van der Waals surface area (Å²) in [4.78, 5) is 10.0. The molecule has 8 rings (SSSR count). The van der Waals surface area contributed by atoms with E-state index in [4.69, 9.17) is 9.97 Å². The summed E-state index contributed by atoms with van der Waals surface area (Å²) in [5.74, 6) is 1.07. The summed E-state index contributed by atoms with van der Waals surface area (Å²) >= 11 is 0. The molecule has 0 N–H and O–H groups in total. The first-order valence-electron chi connectivity index (χ1n) is 15.2. The maximum Gasteiger partial charge on any atom is 0.234 e. The van der Waals surface area contributed by atoms with Crippen molar-refractivity contribution in [2.45, 2.75) is 19.3 Å². The van der Waals surface area contributed by atoms with Crippen LogP contribution in [0.1, 0.15) is 30.5 Å². The molecule has 0 fully saturated rings. The van der Waals surface area contributed by atoms with E-state index in [2.05, 4.69) is 151 Å². The van der Waals surface area contributed by atoms with Crippen molar-refractivity contribution in [3.63, 3.8) is 0 Å². The third-order valence-corrected chi connectivity index (χ3v) is 8.72. The molecule has 0 spiro atoms. The van der Waals surface area contributed by atoms with Gasteiger partial charge in [0, 0.05) is 34.3 Å². The van der Waals surface area contributed by atoms with E-state index < -0.39 is 0 Å². The summed E-state index contributed by atoms with van der Waals surface area (Å²) in [6, 6.07) is 47.3. The molecule has 0 aliphatic heterocycles. The summed E-state index contributed by atoms with van der Waals surface area (Å²) in [6.07, 6.45) is 7.45. The highest BCUT2D eigenvalue weighted by atomic mass is 15.2. The Morgan fingerprint density at radius 1 is 0.591 bits per heavy atom. The molecule has 210 valence electrons. The van der Waals surface area contributed by atoms with E-state index in [0.717, 1.165) is 28.8 Å². The molecule has 1 atom stereocenters. The molecule has 1 unspecified atom stereocenters. The van der Waals surface area contributed by atoms with Crippen LogP contribution in [0.15, 0.2) is 146 Å². The van der Waals surface area contributed by atoms with Crippen LogP contribution in [-0.4, -0.2) is 14.5 Å². The second-order valence-corrected chi connectivity index (χ2v) is 11.5. The van der Waals surface area contributed by atoms with Crippen molar-refractivity contribution in [3.05, 3.63) is 157 Å². The molecule has 7 aromatic rings. The number of benzene rings is 5. The van der Waals surface area contributed by atoms with Crippen LogP contribution < -0.4 is 0 Å². The van der Waals surface area contributed by atoms with Crippen LogP contribution in [0.4, 0.5) is 0 Å². The van der Waals surface area contributed by atoms with Gasteiger partial charge in [-0.15, -0.1) is 0 Å². The van der Waals surface area contributed by atoms with Gasteiger partial charge in [0.1, 0.15) is 0 Å². The Morgan fingerprint density at radius 2 is 1.18 bits per heavy atom. The topological polar surface area (TPSA) is 30.7 Å². The van der Waals surface area contributed by atoms with Crippen molar-refractivity contribution in [2.75, 3.05) is 0 Å². The zero-order valence-corrected chi connectivity index (χ0v) is 24.6. The molecule has 0 saturated carbocycles. The molecule has 2 aromatic heterocycles. The summed E-state index contributed by atoms with van der Waals surface area (Å²) in [5, 5.41) is 1.23. The molecule has 44 heavy (non-hydrogen) atoms. The minimum absolute atomic E-state index is 0.358. The SMILES string of the molecule is CC1CC=Cc2c1n(-c1nccc(-c3cccc(-c4ccc(-c5ccccc5)cc4)c3)n1)c1cc(-c3ccccc3)ccc21. The highest BCUT2D eigenvalue weighted by Gasteiger charge is 2.25. The fourth-order valence-corrected chi connectivity index (χ4v) is 6.48. The van der Waals surface area contributed by atoms with E-state index in [9.17, 15) is 0 Å². The number of rotatable bonds is 5. The maximum absolute atomic E-state index is 5.20. The van der Waals surface area contributed by atoms with Gasteiger partial charge in [-0.3, -0.25) is 4.57 Å². The minimum Gasteiger partial charge on any atom is -0.281 e. The van der Waals surface area contributed by atoms with Gasteiger partial charge in [-0.25, -0.2) is 9.97 Å². The summed E-state index contributed by atoms with van der Waals surface area (Å²) in [5.41, 5.74) is 12.8. The van der Waals surface area contributed by atoms with E-state index in [1.807, 2.05) is 12.3 Å². The molecule has 0 radical (unpaired) electrons. The van der Waals surface area contributed by atoms with Crippen molar-refractivity contribution in [2.24, 2.45) is 0 Å². The fraction of sp³-hybridized carbons (Fsp3) is 0.0732. The van der Waals surface area contributed by atoms with Gasteiger partial charge in [-0.2, -0.15) is 0 Å². The largest absolute Gasteiger partial charge is 0.281 e. The Balaban J connectivity index is 1.21. The summed E-state index contributed by atoms with van der Waals surface area (Å²) in [6.45, 7) is 2.30. The average Bonchev–Trinajstić information content (AvgIpc) is 3.44. The zero-order chi connectivity index (χ0) is 29.5. The van der Waals surface area contributed by atoms with Crippen molar-refractivity contribution in [1.82, 2.24) is 14.5 Å². The Bertz CT molecular complexity index is 2140. The smallest absolute Gasteiger partial charge is 0.234 e. The van der Waals surface area contributed by atoms with Crippen LogP contribution in [-0.2, 0) is 0 Å². The monoisotopic (exact) mass is 565 g/mol. The number of fused-ring (bicyclic) bond motifs is 3. The van der Waals surface area contributed by atoms with E-state index in [1.54, 1.807) is 0 Å². The maximum atomic E-state index is 5.20. The second-order valence-electron chi connectivity index (χ2n) is 11.5. The quantitative estimate of drug-likeness (QED) is 0.208. The zero-order valence-electron chi connectivity index (χ0n) is 24.6. The third kappa shape index (κ3) is 4.63. The molecular formula is C41H31N3. The lowest BCUT2D eigenvalue weighted by atomic mass is 9.93. The Kier molecular flexibility index (Phi) is 6.49. The van der Waals surface area contributed by atoms with Gasteiger partial charge in [0.15, 0.2) is 0 Å². The molecule has 3 nitrogen and oxygen atoms in total. The third-order valence-electron chi connectivity index (χ3n) is 8.72. The van der Waals surface area contributed by atoms with Crippen molar-refractivity contribution in [3.8, 4) is 50.6 Å². The van der Waals surface area contributed by atoms with Gasteiger partial charge < -0.3 is 0 Å². The van der Waals surface area contributed by atoms with Crippen LogP contribution in [0.3, 0.4) is 0 Å². The van der Waals surface area contributed by atoms with Crippen molar-refractivity contribution >= 4 is 17.0 Å². The molecular weight excluding hydrogens is 534 g/mol. The van der Waals surface area contributed by atoms with Gasteiger partial charge in [-0.05, 0) is 58.0 Å². The Labute approximate surface area is 257 Å². The first-order chi connectivity index (χ1) is 21.7. The highest BCUT2D eigenvalue weighted by molar-refractivity contribution is 5.95. The van der Waals surface area contributed by atoms with Gasteiger partial charge in [0.05, 0.1) is 11.2 Å². The van der Waals surface area contributed by atoms with Crippen LogP contribution >= 0.6 is 0 Å². The van der Waals surface area contributed by atoms with Crippen molar-refractivity contribution < 1.29 is 0 Å². The van der Waals surface area contributed by atoms with Crippen LogP contribution in [0.2, 0.25) is 0 Å². The molecule has 0 amide bonds. The molecule has 0 bridgehead atoms. The molecule has 1 aliphatic rings. The lowest BCUT2D eigenvalue weighted by Crippen LogP contribution is -2.10. The number of hydrogen-bond donors (Lipinski definition) is 0. The number of aromatic nitrogens is 3. The van der Waals surface area contributed by atoms with Crippen LogP contribution in [0.5, 0.6) is 0 Å². The van der Waals surface area contributed by atoms with Gasteiger partial charge in [0.2, 0.25) is 5.95 Å². The van der Waals surface area contributed by atoms with Crippen LogP contribution in [0.25, 0.3) is 67.6 Å². The first-order valence-corrected chi connectivity index (χ1v) is 15.2. The standard InChI is InChI=1S/C41H31N3/c1-28-10-8-17-37-36-23-22-34(30-13-6-3-7-14-30)27-39(36)44(40(28)37)41-42-25-24-38(43-41)35-16-9-15-33(26-35)32-20-18-31(19-21-32)29-11-4-2-5-12-29/h2-9,11-28H,10H2,1H3. The van der Waals surface area contributed by atoms with Gasteiger partial charge >= 0.3 is 0 Å². The molecule has 1 aliphatic carbocycles. The second kappa shape index (κ2) is 10.9. The summed E-state index contributed by atoms with van der Waals surface area (Å²) in [7, 11) is 0. The minimum atomic E-state index is 0.358. The van der Waals surface area contributed by atoms with Gasteiger partial charge in [-0.1, -0.05) is 134 Å². The fourth-order valence-electron chi connectivity index (χ4n) is 6.48. The van der Waals surface area contributed by atoms with Gasteiger partial charge in [0.25, 0.3) is 0 Å². The Morgan fingerprint density at radius 3 is 1.93 bits per heavy atom. The van der Waals surface area contributed by atoms with E-state index >= 15 is 0 Å². The normalized spacial score (nSPS) is 14.1. The number of nitrogens with zero attached hydrogens (tertiary/aromatic N) is 3. The summed E-state index contributed by atoms with van der Waals surface area (Å²) < 4.78 is 2.29. The van der Waals surface area contributed by atoms with Crippen molar-refractivity contribution in [1.29, 1.82) is 0 Å². The average molecular weight is 566 g/mol.